The average Bonchev–Trinajstić information content (AvgIpc) is 3.00. The average molecular weight is 455 g/mol. The minimum absolute atomic E-state index is 0.0410. The third-order valence-corrected chi connectivity index (χ3v) is 5.98. The number of alkyl halides is 1. The molecule has 0 bridgehead atoms. The molecule has 1 aromatic rings. The number of nitro benzene ring substituents is 1. The summed E-state index contributed by atoms with van der Waals surface area (Å²) in [4.78, 5) is 41.2. The first-order valence-electron chi connectivity index (χ1n) is 10.3. The van der Waals surface area contributed by atoms with Gasteiger partial charge in [0, 0.05) is 50.1 Å². The van der Waals surface area contributed by atoms with Crippen LogP contribution in [0.3, 0.4) is 0 Å². The van der Waals surface area contributed by atoms with E-state index in [0.717, 1.165) is 13.0 Å². The maximum absolute atomic E-state index is 13.1. The summed E-state index contributed by atoms with van der Waals surface area (Å²) >= 11 is 4.46. The van der Waals surface area contributed by atoms with Gasteiger partial charge >= 0.3 is 6.09 Å². The van der Waals surface area contributed by atoms with Gasteiger partial charge in [-0.3, -0.25) is 24.7 Å². The fraction of sp³-hybridized carbons (Fsp3) is 0.600. The molecule has 0 aliphatic carbocycles. The topological polar surface area (TPSA) is 96.2 Å². The summed E-state index contributed by atoms with van der Waals surface area (Å²) < 4.78 is 18.0. The van der Waals surface area contributed by atoms with Crippen molar-refractivity contribution in [2.24, 2.45) is 0 Å². The van der Waals surface area contributed by atoms with Crippen LogP contribution >= 0.6 is 12.6 Å². The molecule has 2 aliphatic heterocycles. The lowest BCUT2D eigenvalue weighted by molar-refractivity contribution is -0.384. The molecule has 11 heteroatoms. The number of thiol groups is 1. The Balaban J connectivity index is 1.58. The minimum atomic E-state index is -0.639. The van der Waals surface area contributed by atoms with Crippen molar-refractivity contribution >= 4 is 30.3 Å². The SMILES string of the molecule is O=C([C@@H]1C[C@H](S)CN1C(=O)OCc1ccc([N+](=O)[O-])cc1)N1CCCN(CCF)CC1. The van der Waals surface area contributed by atoms with E-state index in [0.29, 0.717) is 44.7 Å². The summed E-state index contributed by atoms with van der Waals surface area (Å²) in [6, 6.07) is 5.11. The zero-order chi connectivity index (χ0) is 22.4. The highest BCUT2D eigenvalue weighted by Gasteiger charge is 2.41. The van der Waals surface area contributed by atoms with E-state index in [1.807, 2.05) is 4.90 Å². The zero-order valence-corrected chi connectivity index (χ0v) is 18.1. The van der Waals surface area contributed by atoms with Crippen molar-refractivity contribution in [3.63, 3.8) is 0 Å². The largest absolute Gasteiger partial charge is 0.445 e. The number of hydrogen-bond donors (Lipinski definition) is 1. The molecule has 9 nitrogen and oxygen atoms in total. The van der Waals surface area contributed by atoms with E-state index in [4.69, 9.17) is 4.74 Å². The number of halogens is 1. The van der Waals surface area contributed by atoms with Crippen molar-refractivity contribution in [1.29, 1.82) is 0 Å². The highest BCUT2D eigenvalue weighted by Crippen LogP contribution is 2.25. The van der Waals surface area contributed by atoms with E-state index < -0.39 is 23.7 Å². The summed E-state index contributed by atoms with van der Waals surface area (Å²) in [5.74, 6) is -0.133. The number of carbonyl (C=O) groups is 2. The Labute approximate surface area is 185 Å². The molecule has 0 aromatic heterocycles. The molecule has 2 saturated heterocycles. The van der Waals surface area contributed by atoms with Gasteiger partial charge in [0.25, 0.3) is 5.69 Å². The summed E-state index contributed by atoms with van der Waals surface area (Å²) in [5.41, 5.74) is 0.574. The molecule has 31 heavy (non-hydrogen) atoms. The van der Waals surface area contributed by atoms with Gasteiger partial charge in [0.2, 0.25) is 5.91 Å². The molecule has 170 valence electrons. The van der Waals surface area contributed by atoms with Crippen LogP contribution in [-0.4, -0.2) is 88.9 Å². The lowest BCUT2D eigenvalue weighted by atomic mass is 10.2. The number of nitrogens with zero attached hydrogens (tertiary/aromatic N) is 4. The number of likely N-dealkylation sites (tertiary alicyclic amines) is 1. The summed E-state index contributed by atoms with van der Waals surface area (Å²) in [6.07, 6.45) is 0.592. The van der Waals surface area contributed by atoms with Gasteiger partial charge in [-0.25, -0.2) is 9.18 Å². The second-order valence-electron chi connectivity index (χ2n) is 7.75. The fourth-order valence-corrected chi connectivity index (χ4v) is 4.31. The van der Waals surface area contributed by atoms with Gasteiger partial charge < -0.3 is 9.64 Å². The van der Waals surface area contributed by atoms with Gasteiger partial charge in [-0.05, 0) is 37.1 Å². The van der Waals surface area contributed by atoms with Crippen LogP contribution in [0.4, 0.5) is 14.9 Å². The minimum Gasteiger partial charge on any atom is -0.445 e. The molecule has 2 atom stereocenters. The maximum atomic E-state index is 13.1. The highest BCUT2D eigenvalue weighted by molar-refractivity contribution is 7.81. The van der Waals surface area contributed by atoms with Crippen LogP contribution in [-0.2, 0) is 16.1 Å². The van der Waals surface area contributed by atoms with Crippen LogP contribution in [0.2, 0.25) is 0 Å². The molecule has 1 aromatic carbocycles. The number of nitro groups is 1. The molecule has 2 heterocycles. The molecule has 0 radical (unpaired) electrons. The number of benzene rings is 1. The number of ether oxygens (including phenoxy) is 1. The predicted molar refractivity (Wildman–Crippen MR) is 115 cm³/mol. The molecule has 0 saturated carbocycles. The third-order valence-electron chi connectivity index (χ3n) is 5.61. The molecule has 2 aliphatic rings. The standard InChI is InChI=1S/C20H27FN4O5S/c21-6-9-22-7-1-8-23(11-10-22)19(26)18-12-17(31)13-24(18)20(27)30-14-15-2-4-16(5-3-15)25(28)29/h2-5,17-18,31H,1,6-14H2/t17-,18-/m0/s1. The summed E-state index contributed by atoms with van der Waals surface area (Å²) in [5, 5.41) is 10.6. The molecule has 0 unspecified atom stereocenters. The summed E-state index contributed by atoms with van der Waals surface area (Å²) in [7, 11) is 0. The van der Waals surface area contributed by atoms with Crippen LogP contribution in [0.15, 0.2) is 24.3 Å². The normalized spacial score (nSPS) is 22.3. The van der Waals surface area contributed by atoms with E-state index >= 15 is 0 Å². The Morgan fingerprint density at radius 2 is 1.94 bits per heavy atom. The molecular weight excluding hydrogens is 427 g/mol. The lowest BCUT2D eigenvalue weighted by Gasteiger charge is -2.29. The van der Waals surface area contributed by atoms with Gasteiger partial charge in [-0.15, -0.1) is 0 Å². The van der Waals surface area contributed by atoms with E-state index in [1.54, 1.807) is 4.90 Å². The predicted octanol–water partition coefficient (Wildman–Crippen LogP) is 2.11. The second kappa shape index (κ2) is 10.8. The Morgan fingerprint density at radius 1 is 1.19 bits per heavy atom. The Kier molecular flexibility index (Phi) is 8.08. The molecule has 2 amide bonds. The van der Waals surface area contributed by atoms with E-state index in [-0.39, 0.29) is 23.5 Å². The van der Waals surface area contributed by atoms with E-state index in [1.165, 1.54) is 29.2 Å². The zero-order valence-electron chi connectivity index (χ0n) is 17.2. The first-order valence-corrected chi connectivity index (χ1v) is 10.8. The number of carbonyl (C=O) groups excluding carboxylic acids is 2. The van der Waals surface area contributed by atoms with Crippen molar-refractivity contribution in [3.8, 4) is 0 Å². The lowest BCUT2D eigenvalue weighted by Crippen LogP contribution is -2.48. The van der Waals surface area contributed by atoms with Gasteiger partial charge in [0.15, 0.2) is 0 Å². The highest BCUT2D eigenvalue weighted by atomic mass is 32.1. The van der Waals surface area contributed by atoms with E-state index in [9.17, 15) is 24.1 Å². The number of hydrogen-bond acceptors (Lipinski definition) is 7. The fourth-order valence-electron chi connectivity index (χ4n) is 3.94. The third kappa shape index (κ3) is 6.07. The monoisotopic (exact) mass is 454 g/mol. The van der Waals surface area contributed by atoms with Crippen LogP contribution in [0, 0.1) is 10.1 Å². The van der Waals surface area contributed by atoms with Crippen LogP contribution in [0.1, 0.15) is 18.4 Å². The molecule has 0 N–H and O–H groups in total. The number of non-ortho nitro benzene ring substituents is 1. The van der Waals surface area contributed by atoms with Crippen LogP contribution in [0.25, 0.3) is 0 Å². The van der Waals surface area contributed by atoms with Gasteiger partial charge in [-0.2, -0.15) is 12.6 Å². The Hall–Kier alpha value is -2.40. The number of rotatable bonds is 6. The Morgan fingerprint density at radius 3 is 2.61 bits per heavy atom. The van der Waals surface area contributed by atoms with Crippen LogP contribution in [0.5, 0.6) is 0 Å². The smallest absolute Gasteiger partial charge is 0.410 e. The van der Waals surface area contributed by atoms with Crippen molar-refractivity contribution in [2.45, 2.75) is 30.7 Å². The van der Waals surface area contributed by atoms with E-state index in [2.05, 4.69) is 12.6 Å². The first-order chi connectivity index (χ1) is 14.9. The van der Waals surface area contributed by atoms with Gasteiger partial charge in [-0.1, -0.05) is 0 Å². The van der Waals surface area contributed by atoms with Crippen molar-refractivity contribution in [1.82, 2.24) is 14.7 Å². The van der Waals surface area contributed by atoms with Crippen molar-refractivity contribution < 1.29 is 23.6 Å². The molecular formula is C20H27FN4O5S. The second-order valence-corrected chi connectivity index (χ2v) is 8.48. The number of amides is 2. The Bertz CT molecular complexity index is 796. The molecule has 2 fully saturated rings. The van der Waals surface area contributed by atoms with Crippen molar-refractivity contribution in [2.75, 3.05) is 45.9 Å². The molecule has 0 spiro atoms. The van der Waals surface area contributed by atoms with Gasteiger partial charge in [0.05, 0.1) is 4.92 Å². The van der Waals surface area contributed by atoms with Crippen molar-refractivity contribution in [3.05, 3.63) is 39.9 Å². The molecule has 3 rings (SSSR count). The summed E-state index contributed by atoms with van der Waals surface area (Å²) in [6.45, 7) is 2.64. The van der Waals surface area contributed by atoms with Crippen LogP contribution < -0.4 is 0 Å². The quantitative estimate of drug-likeness (QED) is 0.402. The first kappa shape index (κ1) is 23.3. The maximum Gasteiger partial charge on any atom is 0.410 e. The van der Waals surface area contributed by atoms with Gasteiger partial charge in [0.1, 0.15) is 19.3 Å².